The van der Waals surface area contributed by atoms with Crippen molar-refractivity contribution in [1.29, 1.82) is 0 Å². The highest BCUT2D eigenvalue weighted by atomic mass is 32.2. The van der Waals surface area contributed by atoms with Gasteiger partial charge in [0.05, 0.1) is 5.56 Å². The molecule has 1 atom stereocenters. The van der Waals surface area contributed by atoms with Crippen molar-refractivity contribution in [2.24, 2.45) is 0 Å². The van der Waals surface area contributed by atoms with Gasteiger partial charge in [-0.25, -0.2) is 0 Å². The molecule has 4 heteroatoms. The van der Waals surface area contributed by atoms with Gasteiger partial charge in [0, 0.05) is 31.1 Å². The number of rotatable bonds is 8. The van der Waals surface area contributed by atoms with Crippen LogP contribution in [-0.2, 0) is 0 Å². The van der Waals surface area contributed by atoms with E-state index in [1.807, 2.05) is 36.2 Å². The molecular weight excluding hydrogens is 268 g/mol. The number of para-hydroxylation sites is 1. The van der Waals surface area contributed by atoms with Crippen LogP contribution in [-0.4, -0.2) is 42.4 Å². The van der Waals surface area contributed by atoms with Crippen LogP contribution in [0.5, 0.6) is 0 Å². The van der Waals surface area contributed by atoms with Gasteiger partial charge in [-0.05, 0) is 31.2 Å². The molecule has 0 saturated carbocycles. The number of carbonyl (C=O) groups is 1. The predicted octanol–water partition coefficient (Wildman–Crippen LogP) is 3.72. The second-order valence-electron chi connectivity index (χ2n) is 4.91. The first-order valence-electron chi connectivity index (χ1n) is 7.24. The molecule has 0 aliphatic carbocycles. The van der Waals surface area contributed by atoms with Crippen molar-refractivity contribution in [3.05, 3.63) is 29.8 Å². The summed E-state index contributed by atoms with van der Waals surface area (Å²) >= 11 is 1.78. The number of nitrogens with zero attached hydrogens (tertiary/aromatic N) is 1. The summed E-state index contributed by atoms with van der Waals surface area (Å²) < 4.78 is 0. The zero-order valence-corrected chi connectivity index (χ0v) is 13.8. The number of anilines is 1. The Kier molecular flexibility index (Phi) is 7.52. The number of amides is 1. The van der Waals surface area contributed by atoms with E-state index in [2.05, 4.69) is 25.4 Å². The van der Waals surface area contributed by atoms with Gasteiger partial charge in [-0.15, -0.1) is 0 Å². The first-order valence-corrected chi connectivity index (χ1v) is 8.64. The molecule has 0 fully saturated rings. The van der Waals surface area contributed by atoms with Crippen molar-refractivity contribution < 1.29 is 4.79 Å². The number of nitrogens with one attached hydrogen (secondary N) is 1. The first kappa shape index (κ1) is 16.9. The van der Waals surface area contributed by atoms with E-state index in [0.717, 1.165) is 36.4 Å². The molecule has 0 heterocycles. The lowest BCUT2D eigenvalue weighted by Gasteiger charge is -2.27. The van der Waals surface area contributed by atoms with E-state index in [1.165, 1.54) is 0 Å². The van der Waals surface area contributed by atoms with E-state index in [0.29, 0.717) is 0 Å². The second kappa shape index (κ2) is 8.90. The van der Waals surface area contributed by atoms with E-state index in [9.17, 15) is 4.79 Å². The Morgan fingerprint density at radius 1 is 1.35 bits per heavy atom. The number of thioether (sulfide) groups is 1. The van der Waals surface area contributed by atoms with E-state index in [1.54, 1.807) is 11.8 Å². The molecular formula is C16H26N2OS. The molecule has 1 N–H and O–H groups in total. The van der Waals surface area contributed by atoms with Gasteiger partial charge in [-0.2, -0.15) is 11.8 Å². The molecule has 0 aliphatic rings. The van der Waals surface area contributed by atoms with Gasteiger partial charge in [0.25, 0.3) is 5.91 Å². The third-order valence-corrected chi connectivity index (χ3v) is 4.14. The zero-order chi connectivity index (χ0) is 15.0. The Morgan fingerprint density at radius 3 is 2.65 bits per heavy atom. The van der Waals surface area contributed by atoms with Crippen molar-refractivity contribution in [2.45, 2.75) is 32.7 Å². The largest absolute Gasteiger partial charge is 0.384 e. The molecule has 1 unspecified atom stereocenters. The molecule has 3 nitrogen and oxygen atoms in total. The smallest absolute Gasteiger partial charge is 0.255 e. The van der Waals surface area contributed by atoms with Gasteiger partial charge < -0.3 is 10.2 Å². The minimum absolute atomic E-state index is 0.102. The number of benzene rings is 1. The SMILES string of the molecule is CCCNc1ccccc1C(=O)N(C)C(CC)CSC. The molecule has 0 radical (unpaired) electrons. The van der Waals surface area contributed by atoms with Crippen LogP contribution >= 0.6 is 11.8 Å². The third kappa shape index (κ3) is 4.44. The van der Waals surface area contributed by atoms with Crippen LogP contribution in [0, 0.1) is 0 Å². The fourth-order valence-corrected chi connectivity index (χ4v) is 2.98. The average molecular weight is 294 g/mol. The van der Waals surface area contributed by atoms with Gasteiger partial charge in [0.2, 0.25) is 0 Å². The molecule has 0 saturated heterocycles. The Morgan fingerprint density at radius 2 is 2.05 bits per heavy atom. The maximum atomic E-state index is 12.7. The summed E-state index contributed by atoms with van der Waals surface area (Å²) in [5.74, 6) is 1.08. The van der Waals surface area contributed by atoms with Crippen molar-refractivity contribution in [2.75, 3.05) is 30.9 Å². The van der Waals surface area contributed by atoms with Gasteiger partial charge in [0.15, 0.2) is 0 Å². The van der Waals surface area contributed by atoms with E-state index >= 15 is 0 Å². The zero-order valence-electron chi connectivity index (χ0n) is 13.0. The number of carbonyl (C=O) groups excluding carboxylic acids is 1. The van der Waals surface area contributed by atoms with E-state index in [4.69, 9.17) is 0 Å². The molecule has 112 valence electrons. The fourth-order valence-electron chi connectivity index (χ4n) is 2.14. The van der Waals surface area contributed by atoms with E-state index < -0.39 is 0 Å². The highest BCUT2D eigenvalue weighted by Gasteiger charge is 2.21. The number of hydrogen-bond donors (Lipinski definition) is 1. The minimum Gasteiger partial charge on any atom is -0.384 e. The van der Waals surface area contributed by atoms with Crippen molar-refractivity contribution in [1.82, 2.24) is 4.90 Å². The molecule has 1 rings (SSSR count). The summed E-state index contributed by atoms with van der Waals surface area (Å²) in [6, 6.07) is 8.06. The van der Waals surface area contributed by atoms with Gasteiger partial charge in [0.1, 0.15) is 0 Å². The van der Waals surface area contributed by atoms with Gasteiger partial charge in [-0.3, -0.25) is 4.79 Å². The lowest BCUT2D eigenvalue weighted by Crippen LogP contribution is -2.38. The predicted molar refractivity (Wildman–Crippen MR) is 89.8 cm³/mol. The van der Waals surface area contributed by atoms with Gasteiger partial charge >= 0.3 is 0 Å². The van der Waals surface area contributed by atoms with Crippen molar-refractivity contribution >= 4 is 23.4 Å². The maximum absolute atomic E-state index is 12.7. The first-order chi connectivity index (χ1) is 9.65. The second-order valence-corrected chi connectivity index (χ2v) is 5.82. The van der Waals surface area contributed by atoms with Crippen molar-refractivity contribution in [3.8, 4) is 0 Å². The molecule has 1 amide bonds. The van der Waals surface area contributed by atoms with Crippen LogP contribution in [0.3, 0.4) is 0 Å². The minimum atomic E-state index is 0.102. The van der Waals surface area contributed by atoms with Crippen LogP contribution in [0.15, 0.2) is 24.3 Å². The highest BCUT2D eigenvalue weighted by molar-refractivity contribution is 7.98. The quantitative estimate of drug-likeness (QED) is 0.793. The van der Waals surface area contributed by atoms with Crippen LogP contribution in [0.2, 0.25) is 0 Å². The number of hydrogen-bond acceptors (Lipinski definition) is 3. The topological polar surface area (TPSA) is 32.3 Å². The lowest BCUT2D eigenvalue weighted by molar-refractivity contribution is 0.0744. The molecule has 0 bridgehead atoms. The highest BCUT2D eigenvalue weighted by Crippen LogP contribution is 2.19. The van der Waals surface area contributed by atoms with Crippen molar-refractivity contribution in [3.63, 3.8) is 0 Å². The van der Waals surface area contributed by atoms with Crippen LogP contribution < -0.4 is 5.32 Å². The Hall–Kier alpha value is -1.16. The summed E-state index contributed by atoms with van der Waals surface area (Å²) in [5, 5.41) is 3.33. The fraction of sp³-hybridized carbons (Fsp3) is 0.562. The molecule has 0 spiro atoms. The standard InChI is InChI=1S/C16H26N2OS/c1-5-11-17-15-10-8-7-9-14(15)16(19)18(3)13(6-2)12-20-4/h7-10,13,17H,5-6,11-12H2,1-4H3. The molecule has 1 aromatic rings. The summed E-state index contributed by atoms with van der Waals surface area (Å²) in [6.45, 7) is 5.14. The Bertz CT molecular complexity index is 423. The normalized spacial score (nSPS) is 12.0. The Balaban J connectivity index is 2.90. The molecule has 0 aliphatic heterocycles. The lowest BCUT2D eigenvalue weighted by atomic mass is 10.1. The van der Waals surface area contributed by atoms with E-state index in [-0.39, 0.29) is 11.9 Å². The molecule has 0 aromatic heterocycles. The summed E-state index contributed by atoms with van der Waals surface area (Å²) in [7, 11) is 1.91. The van der Waals surface area contributed by atoms with Crippen LogP contribution in [0.1, 0.15) is 37.0 Å². The van der Waals surface area contributed by atoms with Crippen LogP contribution in [0.4, 0.5) is 5.69 Å². The monoisotopic (exact) mass is 294 g/mol. The van der Waals surface area contributed by atoms with Crippen LogP contribution in [0.25, 0.3) is 0 Å². The summed E-state index contributed by atoms with van der Waals surface area (Å²) in [4.78, 5) is 14.6. The third-order valence-electron chi connectivity index (χ3n) is 3.42. The average Bonchev–Trinajstić information content (AvgIpc) is 2.49. The summed E-state index contributed by atoms with van der Waals surface area (Å²) in [5.41, 5.74) is 1.70. The molecule has 20 heavy (non-hydrogen) atoms. The summed E-state index contributed by atoms with van der Waals surface area (Å²) in [6.07, 6.45) is 4.10. The molecule has 1 aromatic carbocycles. The Labute approximate surface area is 127 Å². The van der Waals surface area contributed by atoms with Gasteiger partial charge in [-0.1, -0.05) is 26.0 Å². The maximum Gasteiger partial charge on any atom is 0.255 e.